The maximum atomic E-state index is 11.3. The first kappa shape index (κ1) is 16.3. The first-order chi connectivity index (χ1) is 12.0. The summed E-state index contributed by atoms with van der Waals surface area (Å²) >= 11 is 1.41. The lowest BCUT2D eigenvalue weighted by Gasteiger charge is -2.28. The molecule has 5 heteroatoms. The quantitative estimate of drug-likeness (QED) is 0.881. The minimum absolute atomic E-state index is 0.0929. The van der Waals surface area contributed by atoms with E-state index < -0.39 is 5.97 Å². The molecule has 2 atom stereocenters. The zero-order chi connectivity index (χ0) is 17.6. The topological polar surface area (TPSA) is 55.1 Å². The molecule has 2 aliphatic carbocycles. The second kappa shape index (κ2) is 5.99. The average Bonchev–Trinajstić information content (AvgIpc) is 3.19. The van der Waals surface area contributed by atoms with Crippen molar-refractivity contribution in [2.45, 2.75) is 44.9 Å². The van der Waals surface area contributed by atoms with Gasteiger partial charge in [0.25, 0.3) is 0 Å². The molecule has 0 fully saturated rings. The highest BCUT2D eigenvalue weighted by Gasteiger charge is 2.33. The highest BCUT2D eigenvalue weighted by molar-refractivity contribution is 7.12. The normalized spacial score (nSPS) is 25.1. The van der Waals surface area contributed by atoms with E-state index in [1.807, 2.05) is 0 Å². The number of aromatic nitrogens is 2. The van der Waals surface area contributed by atoms with Crippen LogP contribution in [0.2, 0.25) is 0 Å². The van der Waals surface area contributed by atoms with E-state index in [1.165, 1.54) is 34.7 Å². The Balaban J connectivity index is 1.89. The Morgan fingerprint density at radius 1 is 1.44 bits per heavy atom. The number of carboxylic acid groups (broad SMARTS) is 1. The molecule has 4 rings (SSSR count). The van der Waals surface area contributed by atoms with Crippen molar-refractivity contribution in [1.82, 2.24) is 9.55 Å². The van der Waals surface area contributed by atoms with Crippen molar-refractivity contribution in [3.63, 3.8) is 0 Å². The standard InChI is InChI=1S/C20H22N2O2S/c1-13-6-7-16-14(10-13)11-17(20(2)8-4-3-5-9-20)22(16)19-21-15(12-25-19)18(23)24/h3-5,8,11-13H,6-7,9-10H2,1-2H3,(H,23,24)/t13?,20-/m1/s1. The van der Waals surface area contributed by atoms with Gasteiger partial charge in [-0.05, 0) is 43.2 Å². The van der Waals surface area contributed by atoms with Crippen LogP contribution in [0.15, 0.2) is 35.8 Å². The molecule has 0 aliphatic heterocycles. The number of aromatic carboxylic acids is 1. The molecule has 2 heterocycles. The molecule has 130 valence electrons. The molecule has 4 nitrogen and oxygen atoms in total. The molecule has 0 aromatic carbocycles. The number of carbonyl (C=O) groups is 1. The van der Waals surface area contributed by atoms with Crippen molar-refractivity contribution in [2.24, 2.45) is 5.92 Å². The van der Waals surface area contributed by atoms with E-state index in [1.54, 1.807) is 5.38 Å². The second-order valence-electron chi connectivity index (χ2n) is 7.41. The van der Waals surface area contributed by atoms with Crippen molar-refractivity contribution in [2.75, 3.05) is 0 Å². The first-order valence-corrected chi connectivity index (χ1v) is 9.63. The van der Waals surface area contributed by atoms with Gasteiger partial charge in [0.05, 0.1) is 0 Å². The van der Waals surface area contributed by atoms with Crippen molar-refractivity contribution in [1.29, 1.82) is 0 Å². The molecule has 0 radical (unpaired) electrons. The number of rotatable bonds is 3. The summed E-state index contributed by atoms with van der Waals surface area (Å²) in [4.78, 5) is 15.7. The second-order valence-corrected chi connectivity index (χ2v) is 8.25. The van der Waals surface area contributed by atoms with Gasteiger partial charge in [-0.1, -0.05) is 38.2 Å². The van der Waals surface area contributed by atoms with Gasteiger partial charge in [-0.25, -0.2) is 9.78 Å². The van der Waals surface area contributed by atoms with Crippen LogP contribution in [0.25, 0.3) is 5.13 Å². The number of nitrogens with zero attached hydrogens (tertiary/aromatic N) is 2. The van der Waals surface area contributed by atoms with E-state index in [4.69, 9.17) is 0 Å². The summed E-state index contributed by atoms with van der Waals surface area (Å²) in [5.74, 6) is -0.276. The van der Waals surface area contributed by atoms with Gasteiger partial charge >= 0.3 is 5.97 Å². The smallest absolute Gasteiger partial charge is 0.355 e. The maximum absolute atomic E-state index is 11.3. The van der Waals surface area contributed by atoms with Crippen LogP contribution >= 0.6 is 11.3 Å². The van der Waals surface area contributed by atoms with Crippen molar-refractivity contribution < 1.29 is 9.90 Å². The van der Waals surface area contributed by atoms with E-state index >= 15 is 0 Å². The molecule has 25 heavy (non-hydrogen) atoms. The van der Waals surface area contributed by atoms with Gasteiger partial charge in [0.1, 0.15) is 0 Å². The lowest BCUT2D eigenvalue weighted by Crippen LogP contribution is -2.24. The minimum atomic E-state index is -0.967. The SMILES string of the molecule is CC1CCc2c(cc([C@]3(C)C=CC=CC3)n2-c2nc(C(=O)O)cs2)C1. The molecule has 2 aromatic rings. The number of thiazole rings is 1. The molecule has 0 spiro atoms. The molecule has 1 unspecified atom stereocenters. The monoisotopic (exact) mass is 354 g/mol. The third-order valence-electron chi connectivity index (χ3n) is 5.38. The summed E-state index contributed by atoms with van der Waals surface area (Å²) in [7, 11) is 0. The molecule has 0 amide bonds. The lowest BCUT2D eigenvalue weighted by atomic mass is 9.80. The number of hydrogen-bond acceptors (Lipinski definition) is 3. The van der Waals surface area contributed by atoms with Crippen LogP contribution in [-0.2, 0) is 18.3 Å². The molecular formula is C20H22N2O2S. The zero-order valence-corrected chi connectivity index (χ0v) is 15.3. The van der Waals surface area contributed by atoms with Crippen LogP contribution < -0.4 is 0 Å². The van der Waals surface area contributed by atoms with E-state index in [9.17, 15) is 9.90 Å². The predicted molar refractivity (Wildman–Crippen MR) is 99.8 cm³/mol. The zero-order valence-electron chi connectivity index (χ0n) is 14.5. The van der Waals surface area contributed by atoms with Crippen LogP contribution in [0.5, 0.6) is 0 Å². The van der Waals surface area contributed by atoms with Crippen molar-refractivity contribution in [3.05, 3.63) is 58.4 Å². The van der Waals surface area contributed by atoms with Gasteiger partial charge in [-0.3, -0.25) is 4.57 Å². The third-order valence-corrected chi connectivity index (χ3v) is 6.20. The summed E-state index contributed by atoms with van der Waals surface area (Å²) < 4.78 is 2.24. The highest BCUT2D eigenvalue weighted by atomic mass is 32.1. The van der Waals surface area contributed by atoms with Crippen molar-refractivity contribution >= 4 is 17.3 Å². The van der Waals surface area contributed by atoms with Gasteiger partial charge in [0, 0.05) is 22.2 Å². The number of carboxylic acids is 1. The van der Waals surface area contributed by atoms with Crippen LogP contribution in [-0.4, -0.2) is 20.6 Å². The minimum Gasteiger partial charge on any atom is -0.476 e. The highest BCUT2D eigenvalue weighted by Crippen LogP contribution is 2.40. The Morgan fingerprint density at radius 2 is 2.28 bits per heavy atom. The van der Waals surface area contributed by atoms with Gasteiger partial charge in [-0.15, -0.1) is 11.3 Å². The van der Waals surface area contributed by atoms with Gasteiger partial charge < -0.3 is 5.11 Å². The number of hydrogen-bond donors (Lipinski definition) is 1. The maximum Gasteiger partial charge on any atom is 0.355 e. The first-order valence-electron chi connectivity index (χ1n) is 8.75. The van der Waals surface area contributed by atoms with Gasteiger partial charge in [0.15, 0.2) is 10.8 Å². The number of fused-ring (bicyclic) bond motifs is 1. The fraction of sp³-hybridized carbons (Fsp3) is 0.400. The molecule has 0 saturated carbocycles. The predicted octanol–water partition coefficient (Wildman–Crippen LogP) is 4.53. The Bertz CT molecular complexity index is 890. The van der Waals surface area contributed by atoms with E-state index in [2.05, 4.69) is 53.8 Å². The molecule has 0 bridgehead atoms. The Labute approximate surface area is 151 Å². The molecule has 1 N–H and O–H groups in total. The van der Waals surface area contributed by atoms with E-state index in [0.29, 0.717) is 5.92 Å². The van der Waals surface area contributed by atoms with Crippen LogP contribution in [0, 0.1) is 5.92 Å². The Hall–Kier alpha value is -2.14. The average molecular weight is 354 g/mol. The van der Waals surface area contributed by atoms with Gasteiger partial charge in [-0.2, -0.15) is 0 Å². The molecule has 0 saturated heterocycles. The van der Waals surface area contributed by atoms with E-state index in [-0.39, 0.29) is 11.1 Å². The lowest BCUT2D eigenvalue weighted by molar-refractivity contribution is 0.0691. The largest absolute Gasteiger partial charge is 0.476 e. The summed E-state index contributed by atoms with van der Waals surface area (Å²) in [5, 5.41) is 11.7. The van der Waals surface area contributed by atoms with Crippen LogP contribution in [0.1, 0.15) is 54.1 Å². The molecular weight excluding hydrogens is 332 g/mol. The summed E-state index contributed by atoms with van der Waals surface area (Å²) in [6.45, 7) is 4.55. The van der Waals surface area contributed by atoms with Gasteiger partial charge in [0.2, 0.25) is 0 Å². The summed E-state index contributed by atoms with van der Waals surface area (Å²) in [5.41, 5.74) is 3.96. The van der Waals surface area contributed by atoms with Crippen molar-refractivity contribution in [3.8, 4) is 5.13 Å². The Morgan fingerprint density at radius 3 is 2.96 bits per heavy atom. The number of allylic oxidation sites excluding steroid dienone is 4. The van der Waals surface area contributed by atoms with Crippen LogP contribution in [0.3, 0.4) is 0 Å². The summed E-state index contributed by atoms with van der Waals surface area (Å²) in [6.07, 6.45) is 12.9. The molecule has 2 aliphatic rings. The van der Waals surface area contributed by atoms with E-state index in [0.717, 1.165) is 24.4 Å². The summed E-state index contributed by atoms with van der Waals surface area (Å²) in [6, 6.07) is 2.33. The molecule has 2 aromatic heterocycles. The fourth-order valence-electron chi connectivity index (χ4n) is 3.93. The fourth-order valence-corrected chi connectivity index (χ4v) is 4.77. The third kappa shape index (κ3) is 2.76. The Kier molecular flexibility index (Phi) is 3.91. The van der Waals surface area contributed by atoms with Crippen LogP contribution in [0.4, 0.5) is 0 Å².